The molecule has 0 aliphatic carbocycles. The van der Waals surface area contributed by atoms with Crippen LogP contribution in [-0.2, 0) is 6.54 Å². The van der Waals surface area contributed by atoms with Gasteiger partial charge < -0.3 is 15.8 Å². The summed E-state index contributed by atoms with van der Waals surface area (Å²) in [4.78, 5) is 27.1. The number of primary amides is 1. The number of carbonyl (C=O) groups is 2. The molecule has 108 valence electrons. The zero-order valence-corrected chi connectivity index (χ0v) is 11.5. The van der Waals surface area contributed by atoms with Crippen LogP contribution in [0.15, 0.2) is 42.7 Å². The maximum absolute atomic E-state index is 12.1. The van der Waals surface area contributed by atoms with Gasteiger partial charge in [-0.1, -0.05) is 6.07 Å². The summed E-state index contributed by atoms with van der Waals surface area (Å²) in [6.07, 6.45) is 3.20. The van der Waals surface area contributed by atoms with Crippen LogP contribution >= 0.6 is 0 Å². The number of ether oxygens (including phenoxy) is 1. The molecule has 0 spiro atoms. The molecule has 1 aromatic heterocycles. The Morgan fingerprint density at radius 3 is 2.76 bits per heavy atom. The summed E-state index contributed by atoms with van der Waals surface area (Å²) in [5.41, 5.74) is 6.67. The lowest BCUT2D eigenvalue weighted by Crippen LogP contribution is -2.23. The van der Waals surface area contributed by atoms with Gasteiger partial charge >= 0.3 is 0 Å². The predicted molar refractivity (Wildman–Crippen MR) is 76.9 cm³/mol. The molecule has 6 nitrogen and oxygen atoms in total. The van der Waals surface area contributed by atoms with Crippen molar-refractivity contribution in [2.75, 3.05) is 7.11 Å². The number of nitrogens with one attached hydrogen (secondary N) is 1. The molecule has 3 N–H and O–H groups in total. The first-order chi connectivity index (χ1) is 10.1. The van der Waals surface area contributed by atoms with Gasteiger partial charge in [-0.05, 0) is 24.3 Å². The normalized spacial score (nSPS) is 9.95. The van der Waals surface area contributed by atoms with E-state index in [1.54, 1.807) is 43.8 Å². The SMILES string of the molecule is COc1cnccc1CNC(=O)c1cccc(C(N)=O)c1. The third-order valence-corrected chi connectivity index (χ3v) is 2.94. The summed E-state index contributed by atoms with van der Waals surface area (Å²) >= 11 is 0. The lowest BCUT2D eigenvalue weighted by atomic mass is 10.1. The molecule has 0 bridgehead atoms. The topological polar surface area (TPSA) is 94.3 Å². The minimum absolute atomic E-state index is 0.294. The van der Waals surface area contributed by atoms with Gasteiger partial charge in [0, 0.05) is 29.4 Å². The first-order valence-corrected chi connectivity index (χ1v) is 6.26. The van der Waals surface area contributed by atoms with E-state index in [1.807, 2.05) is 0 Å². The molecule has 0 radical (unpaired) electrons. The quantitative estimate of drug-likeness (QED) is 0.860. The third kappa shape index (κ3) is 3.56. The Balaban J connectivity index is 2.08. The Hall–Kier alpha value is -2.89. The van der Waals surface area contributed by atoms with Gasteiger partial charge in [-0.25, -0.2) is 0 Å². The lowest BCUT2D eigenvalue weighted by molar-refractivity contribution is 0.0950. The molecular weight excluding hydrogens is 270 g/mol. The molecule has 0 saturated heterocycles. The number of carbonyl (C=O) groups excluding carboxylic acids is 2. The van der Waals surface area contributed by atoms with Gasteiger partial charge in [-0.3, -0.25) is 14.6 Å². The maximum atomic E-state index is 12.1. The molecule has 0 fully saturated rings. The molecule has 0 aliphatic heterocycles. The summed E-state index contributed by atoms with van der Waals surface area (Å²) in [6.45, 7) is 0.297. The highest BCUT2D eigenvalue weighted by atomic mass is 16.5. The minimum atomic E-state index is -0.569. The Labute approximate surface area is 121 Å². The van der Waals surface area contributed by atoms with E-state index in [-0.39, 0.29) is 5.91 Å². The summed E-state index contributed by atoms with van der Waals surface area (Å²) in [5.74, 6) is -0.263. The second kappa shape index (κ2) is 6.51. The maximum Gasteiger partial charge on any atom is 0.251 e. The Bertz CT molecular complexity index is 671. The standard InChI is InChI=1S/C15H15N3O3/c1-21-13-9-17-6-5-12(13)8-18-15(20)11-4-2-3-10(7-11)14(16)19/h2-7,9H,8H2,1H3,(H2,16,19)(H,18,20). The molecule has 0 aliphatic rings. The van der Waals surface area contributed by atoms with Crippen LogP contribution in [0.3, 0.4) is 0 Å². The van der Waals surface area contributed by atoms with E-state index in [1.165, 1.54) is 6.07 Å². The van der Waals surface area contributed by atoms with E-state index in [9.17, 15) is 9.59 Å². The summed E-state index contributed by atoms with van der Waals surface area (Å²) in [7, 11) is 1.54. The number of methoxy groups -OCH3 is 1. The number of benzene rings is 1. The first kappa shape index (κ1) is 14.5. The molecule has 0 unspecified atom stereocenters. The van der Waals surface area contributed by atoms with Crippen molar-refractivity contribution in [1.29, 1.82) is 0 Å². The van der Waals surface area contributed by atoms with Crippen LogP contribution in [0, 0.1) is 0 Å². The van der Waals surface area contributed by atoms with Crippen molar-refractivity contribution in [1.82, 2.24) is 10.3 Å². The summed E-state index contributed by atoms with van der Waals surface area (Å²) in [5, 5.41) is 2.76. The smallest absolute Gasteiger partial charge is 0.251 e. The number of hydrogen-bond acceptors (Lipinski definition) is 4. The highest BCUT2D eigenvalue weighted by molar-refractivity contribution is 5.99. The van der Waals surface area contributed by atoms with Gasteiger partial charge in [0.2, 0.25) is 5.91 Å². The minimum Gasteiger partial charge on any atom is -0.495 e. The van der Waals surface area contributed by atoms with Crippen LogP contribution in [-0.4, -0.2) is 23.9 Å². The number of pyridine rings is 1. The molecule has 2 rings (SSSR count). The van der Waals surface area contributed by atoms with Gasteiger partial charge in [0.15, 0.2) is 0 Å². The highest BCUT2D eigenvalue weighted by Crippen LogP contribution is 2.15. The number of nitrogens with zero attached hydrogens (tertiary/aromatic N) is 1. The van der Waals surface area contributed by atoms with Crippen LogP contribution in [0.25, 0.3) is 0 Å². The molecule has 21 heavy (non-hydrogen) atoms. The zero-order chi connectivity index (χ0) is 15.2. The van der Waals surface area contributed by atoms with Gasteiger partial charge in [-0.15, -0.1) is 0 Å². The van der Waals surface area contributed by atoms with Crippen molar-refractivity contribution in [2.45, 2.75) is 6.54 Å². The van der Waals surface area contributed by atoms with Gasteiger partial charge in [0.05, 0.1) is 13.3 Å². The largest absolute Gasteiger partial charge is 0.495 e. The highest BCUT2D eigenvalue weighted by Gasteiger charge is 2.09. The molecule has 0 saturated carbocycles. The molecule has 2 amide bonds. The van der Waals surface area contributed by atoms with Crippen LogP contribution in [0.5, 0.6) is 5.75 Å². The fourth-order valence-electron chi connectivity index (χ4n) is 1.83. The van der Waals surface area contributed by atoms with Crippen molar-refractivity contribution in [3.05, 3.63) is 59.4 Å². The van der Waals surface area contributed by atoms with Crippen LogP contribution in [0.4, 0.5) is 0 Å². The van der Waals surface area contributed by atoms with Crippen molar-refractivity contribution in [2.24, 2.45) is 5.73 Å². The van der Waals surface area contributed by atoms with Crippen molar-refractivity contribution in [3.8, 4) is 5.75 Å². The first-order valence-electron chi connectivity index (χ1n) is 6.26. The fourth-order valence-corrected chi connectivity index (χ4v) is 1.83. The second-order valence-corrected chi connectivity index (χ2v) is 4.32. The van der Waals surface area contributed by atoms with Crippen molar-refractivity contribution >= 4 is 11.8 Å². The molecule has 6 heteroatoms. The number of aromatic nitrogens is 1. The van der Waals surface area contributed by atoms with E-state index >= 15 is 0 Å². The van der Waals surface area contributed by atoms with Crippen LogP contribution in [0.2, 0.25) is 0 Å². The van der Waals surface area contributed by atoms with Crippen molar-refractivity contribution in [3.63, 3.8) is 0 Å². The van der Waals surface area contributed by atoms with E-state index in [0.29, 0.717) is 23.4 Å². The Morgan fingerprint density at radius 2 is 2.05 bits per heavy atom. The number of hydrogen-bond donors (Lipinski definition) is 2. The zero-order valence-electron chi connectivity index (χ0n) is 11.5. The molecular formula is C15H15N3O3. The van der Waals surface area contributed by atoms with Gasteiger partial charge in [0.1, 0.15) is 5.75 Å². The third-order valence-electron chi connectivity index (χ3n) is 2.94. The molecule has 2 aromatic rings. The average molecular weight is 285 g/mol. The van der Waals surface area contributed by atoms with Gasteiger partial charge in [-0.2, -0.15) is 0 Å². The summed E-state index contributed by atoms with van der Waals surface area (Å²) in [6, 6.07) is 8.01. The van der Waals surface area contributed by atoms with E-state index in [0.717, 1.165) is 5.56 Å². The molecule has 0 atom stereocenters. The lowest BCUT2D eigenvalue weighted by Gasteiger charge is -2.09. The van der Waals surface area contributed by atoms with E-state index in [2.05, 4.69) is 10.3 Å². The fraction of sp³-hybridized carbons (Fsp3) is 0.133. The number of rotatable bonds is 5. The van der Waals surface area contributed by atoms with Crippen LogP contribution < -0.4 is 15.8 Å². The Kier molecular flexibility index (Phi) is 4.50. The van der Waals surface area contributed by atoms with Crippen LogP contribution in [0.1, 0.15) is 26.3 Å². The van der Waals surface area contributed by atoms with Gasteiger partial charge in [0.25, 0.3) is 5.91 Å². The van der Waals surface area contributed by atoms with E-state index < -0.39 is 5.91 Å². The average Bonchev–Trinajstić information content (AvgIpc) is 2.52. The van der Waals surface area contributed by atoms with E-state index in [4.69, 9.17) is 10.5 Å². The number of amides is 2. The Morgan fingerprint density at radius 1 is 1.29 bits per heavy atom. The monoisotopic (exact) mass is 285 g/mol. The molecule has 1 aromatic carbocycles. The predicted octanol–water partition coefficient (Wildman–Crippen LogP) is 1.12. The summed E-state index contributed by atoms with van der Waals surface area (Å²) < 4.78 is 5.16. The van der Waals surface area contributed by atoms with Crippen molar-refractivity contribution < 1.29 is 14.3 Å². The second-order valence-electron chi connectivity index (χ2n) is 4.32. The number of nitrogens with two attached hydrogens (primary N) is 1. The molecule has 1 heterocycles.